The molecule has 0 aromatic carbocycles. The Morgan fingerprint density at radius 2 is 2.00 bits per heavy atom. The van der Waals surface area contributed by atoms with Gasteiger partial charge in [0, 0.05) is 5.92 Å². The van der Waals surface area contributed by atoms with Crippen molar-refractivity contribution in [2.24, 2.45) is 17.8 Å². The Labute approximate surface area is 70.7 Å². The first kappa shape index (κ1) is 7.58. The molecule has 2 aliphatic carbocycles. The van der Waals surface area contributed by atoms with Gasteiger partial charge in [-0.15, -0.1) is 0 Å². The van der Waals surface area contributed by atoms with Gasteiger partial charge in [0.15, 0.2) is 0 Å². The SMILES string of the molecule is O=CNNC(=O)C1C2CCCC21. The van der Waals surface area contributed by atoms with Crippen LogP contribution < -0.4 is 10.9 Å². The molecule has 2 amide bonds. The molecule has 4 nitrogen and oxygen atoms in total. The highest BCUT2D eigenvalue weighted by Crippen LogP contribution is 2.57. The van der Waals surface area contributed by atoms with Crippen LogP contribution in [0.25, 0.3) is 0 Å². The van der Waals surface area contributed by atoms with Crippen LogP contribution >= 0.6 is 0 Å². The van der Waals surface area contributed by atoms with Gasteiger partial charge in [-0.2, -0.15) is 0 Å². The lowest BCUT2D eigenvalue weighted by atomic mass is 10.1. The molecule has 0 spiro atoms. The van der Waals surface area contributed by atoms with Gasteiger partial charge >= 0.3 is 0 Å². The van der Waals surface area contributed by atoms with Crippen LogP contribution in [0.2, 0.25) is 0 Å². The molecule has 0 aromatic rings. The summed E-state index contributed by atoms with van der Waals surface area (Å²) in [7, 11) is 0. The van der Waals surface area contributed by atoms with Crippen LogP contribution in [0.15, 0.2) is 0 Å². The Bertz CT molecular complexity index is 207. The van der Waals surface area contributed by atoms with Gasteiger partial charge in [0.1, 0.15) is 0 Å². The van der Waals surface area contributed by atoms with Crippen LogP contribution in [0.5, 0.6) is 0 Å². The maximum atomic E-state index is 11.2. The van der Waals surface area contributed by atoms with Crippen molar-refractivity contribution in [3.63, 3.8) is 0 Å². The van der Waals surface area contributed by atoms with Crippen molar-refractivity contribution in [1.29, 1.82) is 0 Å². The molecule has 0 aromatic heterocycles. The van der Waals surface area contributed by atoms with Crippen molar-refractivity contribution < 1.29 is 9.59 Å². The highest BCUT2D eigenvalue weighted by Gasteiger charge is 2.56. The summed E-state index contributed by atoms with van der Waals surface area (Å²) in [5.41, 5.74) is 4.54. The van der Waals surface area contributed by atoms with E-state index in [9.17, 15) is 9.59 Å². The van der Waals surface area contributed by atoms with Crippen molar-refractivity contribution in [2.45, 2.75) is 19.3 Å². The normalized spacial score (nSPS) is 36.8. The molecule has 2 aliphatic rings. The van der Waals surface area contributed by atoms with Gasteiger partial charge in [0.05, 0.1) is 0 Å². The third-order valence-electron chi connectivity index (χ3n) is 2.96. The van der Waals surface area contributed by atoms with Crippen LogP contribution in [0, 0.1) is 17.8 Å². The van der Waals surface area contributed by atoms with E-state index < -0.39 is 0 Å². The first-order chi connectivity index (χ1) is 5.84. The Balaban J connectivity index is 1.80. The lowest BCUT2D eigenvalue weighted by molar-refractivity contribution is -0.126. The van der Waals surface area contributed by atoms with Crippen LogP contribution in [0.1, 0.15) is 19.3 Å². The summed E-state index contributed by atoms with van der Waals surface area (Å²) >= 11 is 0. The number of carbonyl (C=O) groups excluding carboxylic acids is 2. The monoisotopic (exact) mass is 168 g/mol. The van der Waals surface area contributed by atoms with Crippen molar-refractivity contribution in [1.82, 2.24) is 10.9 Å². The van der Waals surface area contributed by atoms with Gasteiger partial charge in [-0.1, -0.05) is 6.42 Å². The number of carbonyl (C=O) groups is 2. The zero-order valence-corrected chi connectivity index (χ0v) is 6.75. The molecular weight excluding hydrogens is 156 g/mol. The number of nitrogens with one attached hydrogen (secondary N) is 2. The average molecular weight is 168 g/mol. The Morgan fingerprint density at radius 3 is 2.58 bits per heavy atom. The molecular formula is C8H12N2O2. The molecule has 2 rings (SSSR count). The van der Waals surface area contributed by atoms with E-state index in [2.05, 4.69) is 10.9 Å². The standard InChI is InChI=1S/C8H12N2O2/c11-4-9-10-8(12)7-5-2-1-3-6(5)7/h4-7H,1-3H2,(H,9,11)(H,10,12). The fourth-order valence-electron chi connectivity index (χ4n) is 2.39. The summed E-state index contributed by atoms with van der Waals surface area (Å²) in [5.74, 6) is 1.39. The quantitative estimate of drug-likeness (QED) is 0.453. The minimum absolute atomic E-state index is 0.0169. The van der Waals surface area contributed by atoms with Crippen LogP contribution in [-0.2, 0) is 9.59 Å². The fraction of sp³-hybridized carbons (Fsp3) is 0.750. The maximum Gasteiger partial charge on any atom is 0.242 e. The Morgan fingerprint density at radius 1 is 1.33 bits per heavy atom. The highest BCUT2D eigenvalue weighted by atomic mass is 16.2. The predicted molar refractivity (Wildman–Crippen MR) is 41.7 cm³/mol. The van der Waals surface area contributed by atoms with E-state index in [-0.39, 0.29) is 11.8 Å². The number of hydrazine groups is 1. The van der Waals surface area contributed by atoms with Crippen molar-refractivity contribution in [3.8, 4) is 0 Å². The van der Waals surface area contributed by atoms with E-state index in [1.54, 1.807) is 0 Å². The molecule has 0 heterocycles. The van der Waals surface area contributed by atoms with Crippen LogP contribution in [0.4, 0.5) is 0 Å². The summed E-state index contributed by atoms with van der Waals surface area (Å²) in [6.45, 7) is 0. The summed E-state index contributed by atoms with van der Waals surface area (Å²) in [6, 6.07) is 0. The fourth-order valence-corrected chi connectivity index (χ4v) is 2.39. The summed E-state index contributed by atoms with van der Waals surface area (Å²) in [4.78, 5) is 21.1. The van der Waals surface area contributed by atoms with Gasteiger partial charge in [0.25, 0.3) is 0 Å². The second kappa shape index (κ2) is 2.77. The van der Waals surface area contributed by atoms with E-state index in [0.29, 0.717) is 18.2 Å². The molecule has 0 radical (unpaired) electrons. The average Bonchev–Trinajstić information content (AvgIpc) is 2.56. The molecule has 4 heteroatoms. The topological polar surface area (TPSA) is 58.2 Å². The number of amides is 2. The van der Waals surface area contributed by atoms with Gasteiger partial charge in [-0.25, -0.2) is 0 Å². The van der Waals surface area contributed by atoms with Crippen molar-refractivity contribution >= 4 is 12.3 Å². The molecule has 2 N–H and O–H groups in total. The number of hydrogen-bond donors (Lipinski definition) is 2. The summed E-state index contributed by atoms with van der Waals surface area (Å²) in [6.07, 6.45) is 4.12. The van der Waals surface area contributed by atoms with E-state index in [4.69, 9.17) is 0 Å². The number of fused-ring (bicyclic) bond motifs is 1. The zero-order valence-electron chi connectivity index (χ0n) is 6.75. The summed E-state index contributed by atoms with van der Waals surface area (Å²) < 4.78 is 0. The van der Waals surface area contributed by atoms with E-state index in [0.717, 1.165) is 0 Å². The van der Waals surface area contributed by atoms with Crippen molar-refractivity contribution in [2.75, 3.05) is 0 Å². The zero-order chi connectivity index (χ0) is 8.55. The molecule has 12 heavy (non-hydrogen) atoms. The first-order valence-corrected chi connectivity index (χ1v) is 4.33. The van der Waals surface area contributed by atoms with E-state index >= 15 is 0 Å². The molecule has 2 saturated carbocycles. The van der Waals surface area contributed by atoms with Gasteiger partial charge in [-0.3, -0.25) is 20.4 Å². The molecule has 0 saturated heterocycles. The van der Waals surface area contributed by atoms with Crippen molar-refractivity contribution in [3.05, 3.63) is 0 Å². The lowest BCUT2D eigenvalue weighted by Crippen LogP contribution is -2.38. The van der Waals surface area contributed by atoms with Gasteiger partial charge in [0.2, 0.25) is 12.3 Å². The second-order valence-electron chi connectivity index (χ2n) is 3.54. The lowest BCUT2D eigenvalue weighted by Gasteiger charge is -2.03. The third-order valence-corrected chi connectivity index (χ3v) is 2.96. The molecule has 0 bridgehead atoms. The highest BCUT2D eigenvalue weighted by molar-refractivity contribution is 5.82. The maximum absolute atomic E-state index is 11.2. The first-order valence-electron chi connectivity index (χ1n) is 4.33. The molecule has 2 fully saturated rings. The van der Waals surface area contributed by atoms with Gasteiger partial charge < -0.3 is 0 Å². The molecule has 0 aliphatic heterocycles. The largest absolute Gasteiger partial charge is 0.277 e. The molecule has 66 valence electrons. The van der Waals surface area contributed by atoms with Crippen LogP contribution in [-0.4, -0.2) is 12.3 Å². The number of rotatable bonds is 3. The summed E-state index contributed by atoms with van der Waals surface area (Å²) in [5, 5.41) is 0. The van der Waals surface area contributed by atoms with E-state index in [1.165, 1.54) is 19.3 Å². The minimum Gasteiger partial charge on any atom is -0.277 e. The molecule has 2 unspecified atom stereocenters. The van der Waals surface area contributed by atoms with E-state index in [1.807, 2.05) is 0 Å². The Kier molecular flexibility index (Phi) is 1.75. The third kappa shape index (κ3) is 1.07. The second-order valence-corrected chi connectivity index (χ2v) is 3.54. The predicted octanol–water partition coefficient (Wildman–Crippen LogP) is -0.190. The van der Waals surface area contributed by atoms with Crippen LogP contribution in [0.3, 0.4) is 0 Å². The van der Waals surface area contributed by atoms with Gasteiger partial charge in [-0.05, 0) is 24.7 Å². The smallest absolute Gasteiger partial charge is 0.242 e. The minimum atomic E-state index is -0.0169. The number of hydrogen-bond acceptors (Lipinski definition) is 2. The molecule has 2 atom stereocenters. The Hall–Kier alpha value is -1.06.